The van der Waals surface area contributed by atoms with Gasteiger partial charge in [-0.15, -0.1) is 0 Å². The highest BCUT2D eigenvalue weighted by molar-refractivity contribution is 6.30. The van der Waals surface area contributed by atoms with Crippen LogP contribution in [0.25, 0.3) is 0 Å². The molecule has 0 aliphatic carbocycles. The summed E-state index contributed by atoms with van der Waals surface area (Å²) < 4.78 is 0. The SMILES string of the molecule is O=[N+]([O-])c1cc(Cl)ccc1C#CCCCCO. The van der Waals surface area contributed by atoms with Crippen molar-refractivity contribution in [3.8, 4) is 11.8 Å². The lowest BCUT2D eigenvalue weighted by atomic mass is 10.1. The predicted octanol–water partition coefficient (Wildman–Crippen LogP) is 2.76. The molecule has 1 aromatic rings. The summed E-state index contributed by atoms with van der Waals surface area (Å²) in [6.07, 6.45) is 2.09. The number of aliphatic hydroxyl groups is 1. The summed E-state index contributed by atoms with van der Waals surface area (Å²) >= 11 is 5.68. The Morgan fingerprint density at radius 1 is 1.41 bits per heavy atom. The van der Waals surface area contributed by atoms with Crippen LogP contribution in [0.3, 0.4) is 0 Å². The molecule has 17 heavy (non-hydrogen) atoms. The minimum Gasteiger partial charge on any atom is -0.396 e. The van der Waals surface area contributed by atoms with Gasteiger partial charge in [0.05, 0.1) is 4.92 Å². The summed E-state index contributed by atoms with van der Waals surface area (Å²) in [5.74, 6) is 5.59. The van der Waals surface area contributed by atoms with Crippen molar-refractivity contribution in [1.82, 2.24) is 0 Å². The van der Waals surface area contributed by atoms with E-state index in [-0.39, 0.29) is 12.3 Å². The van der Waals surface area contributed by atoms with Crippen molar-refractivity contribution in [3.63, 3.8) is 0 Å². The molecule has 0 saturated heterocycles. The molecule has 0 aliphatic rings. The molecule has 0 bridgehead atoms. The van der Waals surface area contributed by atoms with Crippen LogP contribution in [0, 0.1) is 22.0 Å². The highest BCUT2D eigenvalue weighted by Gasteiger charge is 2.11. The van der Waals surface area contributed by atoms with Gasteiger partial charge in [-0.3, -0.25) is 10.1 Å². The Bertz CT molecular complexity index is 463. The zero-order chi connectivity index (χ0) is 12.7. The first-order valence-electron chi connectivity index (χ1n) is 5.19. The lowest BCUT2D eigenvalue weighted by Crippen LogP contribution is -1.91. The van der Waals surface area contributed by atoms with Crippen molar-refractivity contribution < 1.29 is 10.0 Å². The van der Waals surface area contributed by atoms with Crippen LogP contribution in [0.15, 0.2) is 18.2 Å². The number of rotatable bonds is 4. The summed E-state index contributed by atoms with van der Waals surface area (Å²) in [7, 11) is 0. The van der Waals surface area contributed by atoms with Gasteiger partial charge in [0.15, 0.2) is 0 Å². The summed E-state index contributed by atoms with van der Waals surface area (Å²) in [6, 6.07) is 4.41. The molecule has 90 valence electrons. The minimum absolute atomic E-state index is 0.0767. The molecule has 0 radical (unpaired) electrons. The number of benzene rings is 1. The van der Waals surface area contributed by atoms with E-state index in [2.05, 4.69) is 11.8 Å². The number of nitro groups is 1. The monoisotopic (exact) mass is 253 g/mol. The molecule has 0 atom stereocenters. The number of unbranched alkanes of at least 4 members (excludes halogenated alkanes) is 2. The number of hydrogen-bond donors (Lipinski definition) is 1. The average Bonchev–Trinajstić information content (AvgIpc) is 2.30. The summed E-state index contributed by atoms with van der Waals surface area (Å²) in [5.41, 5.74) is 0.288. The molecule has 4 nitrogen and oxygen atoms in total. The average molecular weight is 254 g/mol. The number of halogens is 1. The second kappa shape index (κ2) is 6.89. The van der Waals surface area contributed by atoms with E-state index in [9.17, 15) is 10.1 Å². The fourth-order valence-corrected chi connectivity index (χ4v) is 1.41. The standard InChI is InChI=1S/C12H12ClNO3/c13-11-7-6-10(12(9-11)14(16)17)5-3-1-2-4-8-15/h6-7,9,15H,1-2,4,8H2. The summed E-state index contributed by atoms with van der Waals surface area (Å²) in [5, 5.41) is 19.7. The van der Waals surface area contributed by atoms with Crippen molar-refractivity contribution in [2.75, 3.05) is 6.61 Å². The Balaban J connectivity index is 2.79. The van der Waals surface area contributed by atoms with Gasteiger partial charge in [0.1, 0.15) is 5.56 Å². The van der Waals surface area contributed by atoms with E-state index < -0.39 is 4.92 Å². The molecule has 1 N–H and O–H groups in total. The lowest BCUT2D eigenvalue weighted by Gasteiger charge is -1.96. The second-order valence-electron chi connectivity index (χ2n) is 3.40. The van der Waals surface area contributed by atoms with Gasteiger partial charge in [-0.25, -0.2) is 0 Å². The predicted molar refractivity (Wildman–Crippen MR) is 65.9 cm³/mol. The summed E-state index contributed by atoms with van der Waals surface area (Å²) in [4.78, 5) is 10.3. The molecule has 0 saturated carbocycles. The topological polar surface area (TPSA) is 63.4 Å². The largest absolute Gasteiger partial charge is 0.396 e. The van der Waals surface area contributed by atoms with E-state index >= 15 is 0 Å². The third-order valence-corrected chi connectivity index (χ3v) is 2.32. The highest BCUT2D eigenvalue weighted by atomic mass is 35.5. The van der Waals surface area contributed by atoms with E-state index in [0.29, 0.717) is 23.4 Å². The lowest BCUT2D eigenvalue weighted by molar-refractivity contribution is -0.385. The number of nitro benzene ring substituents is 1. The Hall–Kier alpha value is -1.57. The van der Waals surface area contributed by atoms with Crippen LogP contribution < -0.4 is 0 Å². The Kier molecular flexibility index (Phi) is 5.47. The maximum atomic E-state index is 10.8. The van der Waals surface area contributed by atoms with Gasteiger partial charge in [-0.05, 0) is 25.0 Å². The van der Waals surface area contributed by atoms with Crippen molar-refractivity contribution in [2.24, 2.45) is 0 Å². The maximum absolute atomic E-state index is 10.8. The van der Waals surface area contributed by atoms with Gasteiger partial charge in [0.2, 0.25) is 0 Å². The molecule has 5 heteroatoms. The van der Waals surface area contributed by atoms with Gasteiger partial charge < -0.3 is 5.11 Å². The third-order valence-electron chi connectivity index (χ3n) is 2.09. The first-order chi connectivity index (χ1) is 8.15. The molecule has 1 rings (SSSR count). The Morgan fingerprint density at radius 3 is 2.82 bits per heavy atom. The van der Waals surface area contributed by atoms with Crippen LogP contribution in [-0.4, -0.2) is 16.6 Å². The van der Waals surface area contributed by atoms with Gasteiger partial charge in [0, 0.05) is 24.1 Å². The van der Waals surface area contributed by atoms with E-state index in [4.69, 9.17) is 16.7 Å². The molecule has 0 fully saturated rings. The first-order valence-corrected chi connectivity index (χ1v) is 5.56. The fraction of sp³-hybridized carbons (Fsp3) is 0.333. The van der Waals surface area contributed by atoms with Gasteiger partial charge in [-0.2, -0.15) is 0 Å². The fourth-order valence-electron chi connectivity index (χ4n) is 1.24. The molecular formula is C12H12ClNO3. The van der Waals surface area contributed by atoms with Crippen molar-refractivity contribution in [2.45, 2.75) is 19.3 Å². The van der Waals surface area contributed by atoms with E-state index in [1.807, 2.05) is 0 Å². The molecule has 0 unspecified atom stereocenters. The van der Waals surface area contributed by atoms with Crippen LogP contribution in [0.5, 0.6) is 0 Å². The molecular weight excluding hydrogens is 242 g/mol. The number of nitrogens with zero attached hydrogens (tertiary/aromatic N) is 1. The Morgan fingerprint density at radius 2 is 2.18 bits per heavy atom. The third kappa shape index (κ3) is 4.43. The van der Waals surface area contributed by atoms with E-state index in [1.54, 1.807) is 12.1 Å². The van der Waals surface area contributed by atoms with E-state index in [1.165, 1.54) is 6.07 Å². The smallest absolute Gasteiger partial charge is 0.286 e. The second-order valence-corrected chi connectivity index (χ2v) is 3.84. The number of aliphatic hydroxyl groups excluding tert-OH is 1. The normalized spacial score (nSPS) is 9.53. The van der Waals surface area contributed by atoms with Gasteiger partial charge >= 0.3 is 0 Å². The quantitative estimate of drug-likeness (QED) is 0.388. The van der Waals surface area contributed by atoms with Crippen LogP contribution in [-0.2, 0) is 0 Å². The Labute approximate surface area is 104 Å². The molecule has 0 aliphatic heterocycles. The van der Waals surface area contributed by atoms with Crippen LogP contribution in [0.2, 0.25) is 5.02 Å². The van der Waals surface area contributed by atoms with Crippen LogP contribution >= 0.6 is 11.6 Å². The van der Waals surface area contributed by atoms with Crippen molar-refractivity contribution in [1.29, 1.82) is 0 Å². The summed E-state index contributed by atoms with van der Waals surface area (Å²) in [6.45, 7) is 0.142. The molecule has 0 spiro atoms. The first kappa shape index (κ1) is 13.5. The number of hydrogen-bond acceptors (Lipinski definition) is 3. The maximum Gasteiger partial charge on any atom is 0.286 e. The zero-order valence-electron chi connectivity index (χ0n) is 9.15. The molecule has 1 aromatic carbocycles. The molecule has 0 amide bonds. The molecule has 0 aromatic heterocycles. The zero-order valence-corrected chi connectivity index (χ0v) is 9.91. The van der Waals surface area contributed by atoms with Gasteiger partial charge in [-0.1, -0.05) is 23.4 Å². The van der Waals surface area contributed by atoms with Crippen LogP contribution in [0.1, 0.15) is 24.8 Å². The van der Waals surface area contributed by atoms with Gasteiger partial charge in [0.25, 0.3) is 5.69 Å². The highest BCUT2D eigenvalue weighted by Crippen LogP contribution is 2.22. The van der Waals surface area contributed by atoms with Crippen molar-refractivity contribution in [3.05, 3.63) is 38.9 Å². The van der Waals surface area contributed by atoms with Crippen molar-refractivity contribution >= 4 is 17.3 Å². The van der Waals surface area contributed by atoms with E-state index in [0.717, 1.165) is 6.42 Å². The van der Waals surface area contributed by atoms with Crippen LogP contribution in [0.4, 0.5) is 5.69 Å². The minimum atomic E-state index is -0.496. The molecule has 0 heterocycles.